The number of amides is 1. The number of nitrogens with one attached hydrogen (secondary N) is 1. The Bertz CT molecular complexity index is 424. The maximum absolute atomic E-state index is 11.4. The van der Waals surface area contributed by atoms with Crippen LogP contribution in [0.2, 0.25) is 0 Å². The predicted octanol–water partition coefficient (Wildman–Crippen LogP) is 1.57. The zero-order chi connectivity index (χ0) is 13.2. The zero-order valence-corrected chi connectivity index (χ0v) is 10.3. The van der Waals surface area contributed by atoms with E-state index >= 15 is 0 Å². The number of nitrogen functional groups attached to an aromatic ring is 1. The molecule has 0 saturated carbocycles. The molecule has 4 heteroatoms. The van der Waals surface area contributed by atoms with Gasteiger partial charge in [0.2, 0.25) is 0 Å². The van der Waals surface area contributed by atoms with Gasteiger partial charge in [-0.2, -0.15) is 0 Å². The second-order valence-electron chi connectivity index (χ2n) is 3.84. The highest BCUT2D eigenvalue weighted by Crippen LogP contribution is 2.19. The molecule has 1 rings (SSSR count). The van der Waals surface area contributed by atoms with Gasteiger partial charge in [0.15, 0.2) is 6.61 Å². The Labute approximate surface area is 108 Å². The molecule has 0 aromatic heterocycles. The molecular weight excluding hydrogens is 228 g/mol. The Morgan fingerprint density at radius 1 is 1.39 bits per heavy atom. The van der Waals surface area contributed by atoms with Gasteiger partial charge in [0.1, 0.15) is 5.75 Å². The van der Waals surface area contributed by atoms with Gasteiger partial charge >= 0.3 is 0 Å². The van der Waals surface area contributed by atoms with Gasteiger partial charge in [0, 0.05) is 13.0 Å². The first-order valence-electron chi connectivity index (χ1n) is 5.91. The molecule has 0 aliphatic carbocycles. The fourth-order valence-electron chi connectivity index (χ4n) is 1.39. The van der Waals surface area contributed by atoms with Gasteiger partial charge in [0.25, 0.3) is 5.91 Å². The van der Waals surface area contributed by atoms with E-state index in [4.69, 9.17) is 16.9 Å². The van der Waals surface area contributed by atoms with Crippen LogP contribution >= 0.6 is 0 Å². The van der Waals surface area contributed by atoms with E-state index in [0.29, 0.717) is 18.0 Å². The normalized spacial score (nSPS) is 9.50. The van der Waals surface area contributed by atoms with Crippen molar-refractivity contribution in [1.82, 2.24) is 5.32 Å². The summed E-state index contributed by atoms with van der Waals surface area (Å²) >= 11 is 0. The number of benzene rings is 1. The van der Waals surface area contributed by atoms with Crippen molar-refractivity contribution in [2.24, 2.45) is 0 Å². The standard InChI is InChI=1S/C14H18N2O2/c1-2-3-4-7-10-16-14(17)11-18-13-9-6-5-8-12(13)15/h1,5-6,8-9H,3-4,7,10-11,15H2,(H,16,17). The minimum Gasteiger partial charge on any atom is -0.482 e. The van der Waals surface area contributed by atoms with E-state index in [1.807, 2.05) is 12.1 Å². The highest BCUT2D eigenvalue weighted by molar-refractivity contribution is 5.77. The largest absolute Gasteiger partial charge is 0.482 e. The Kier molecular flexibility index (Phi) is 6.20. The van der Waals surface area contributed by atoms with Crippen LogP contribution < -0.4 is 15.8 Å². The number of nitrogens with two attached hydrogens (primary N) is 1. The van der Waals surface area contributed by atoms with Gasteiger partial charge in [-0.25, -0.2) is 0 Å². The number of hydrogen-bond acceptors (Lipinski definition) is 3. The van der Waals surface area contributed by atoms with Crippen LogP contribution in [0.3, 0.4) is 0 Å². The van der Waals surface area contributed by atoms with Crippen molar-refractivity contribution in [1.29, 1.82) is 0 Å². The van der Waals surface area contributed by atoms with Crippen LogP contribution in [-0.4, -0.2) is 19.1 Å². The lowest BCUT2D eigenvalue weighted by Gasteiger charge is -2.08. The molecule has 0 atom stereocenters. The molecule has 0 aliphatic rings. The topological polar surface area (TPSA) is 64.3 Å². The maximum Gasteiger partial charge on any atom is 0.257 e. The smallest absolute Gasteiger partial charge is 0.257 e. The molecule has 0 heterocycles. The summed E-state index contributed by atoms with van der Waals surface area (Å²) in [5, 5.41) is 2.76. The lowest BCUT2D eigenvalue weighted by atomic mass is 10.2. The van der Waals surface area contributed by atoms with Crippen molar-refractivity contribution in [3.63, 3.8) is 0 Å². The quantitative estimate of drug-likeness (QED) is 0.436. The van der Waals surface area contributed by atoms with Crippen molar-refractivity contribution in [3.05, 3.63) is 24.3 Å². The van der Waals surface area contributed by atoms with E-state index < -0.39 is 0 Å². The number of ether oxygens (including phenoxy) is 1. The average molecular weight is 246 g/mol. The Morgan fingerprint density at radius 3 is 2.89 bits per heavy atom. The molecule has 96 valence electrons. The van der Waals surface area contributed by atoms with Gasteiger partial charge in [-0.15, -0.1) is 12.3 Å². The van der Waals surface area contributed by atoms with Crippen LogP contribution in [0.25, 0.3) is 0 Å². The molecular formula is C14H18N2O2. The number of para-hydroxylation sites is 2. The Hall–Kier alpha value is -2.15. The van der Waals surface area contributed by atoms with Crippen LogP contribution in [0.1, 0.15) is 19.3 Å². The molecule has 1 aromatic rings. The number of carbonyl (C=O) groups excluding carboxylic acids is 1. The monoisotopic (exact) mass is 246 g/mol. The molecule has 0 unspecified atom stereocenters. The summed E-state index contributed by atoms with van der Waals surface area (Å²) < 4.78 is 5.31. The third-order valence-electron chi connectivity index (χ3n) is 2.35. The highest BCUT2D eigenvalue weighted by atomic mass is 16.5. The number of unbranched alkanes of at least 4 members (excludes halogenated alkanes) is 2. The van der Waals surface area contributed by atoms with E-state index in [2.05, 4.69) is 11.2 Å². The molecule has 4 nitrogen and oxygen atoms in total. The molecule has 0 saturated heterocycles. The van der Waals surface area contributed by atoms with Crippen LogP contribution in [0, 0.1) is 12.3 Å². The van der Waals surface area contributed by atoms with Gasteiger partial charge in [-0.05, 0) is 25.0 Å². The first-order valence-corrected chi connectivity index (χ1v) is 5.91. The number of hydrogen-bond donors (Lipinski definition) is 2. The van der Waals surface area contributed by atoms with E-state index in [1.165, 1.54) is 0 Å². The van der Waals surface area contributed by atoms with Gasteiger partial charge < -0.3 is 15.8 Å². The minimum atomic E-state index is -0.154. The van der Waals surface area contributed by atoms with Crippen LogP contribution in [0.4, 0.5) is 5.69 Å². The third kappa shape index (κ3) is 5.26. The lowest BCUT2D eigenvalue weighted by molar-refractivity contribution is -0.123. The van der Waals surface area contributed by atoms with Crippen molar-refractivity contribution >= 4 is 11.6 Å². The zero-order valence-electron chi connectivity index (χ0n) is 10.3. The summed E-state index contributed by atoms with van der Waals surface area (Å²) in [6.07, 6.45) is 7.67. The SMILES string of the molecule is C#CCCCCNC(=O)COc1ccccc1N. The first-order chi connectivity index (χ1) is 8.74. The number of carbonyl (C=O) groups is 1. The van der Waals surface area contributed by atoms with Crippen molar-refractivity contribution in [2.75, 3.05) is 18.9 Å². The summed E-state index contributed by atoms with van der Waals surface area (Å²) in [5.74, 6) is 2.93. The third-order valence-corrected chi connectivity index (χ3v) is 2.35. The van der Waals surface area contributed by atoms with Crippen LogP contribution in [0.15, 0.2) is 24.3 Å². The van der Waals surface area contributed by atoms with Crippen molar-refractivity contribution < 1.29 is 9.53 Å². The highest BCUT2D eigenvalue weighted by Gasteiger charge is 2.03. The Morgan fingerprint density at radius 2 is 2.17 bits per heavy atom. The molecule has 1 aromatic carbocycles. The summed E-state index contributed by atoms with van der Waals surface area (Å²) in [5.41, 5.74) is 6.21. The second kappa shape index (κ2) is 8.02. The van der Waals surface area contributed by atoms with Gasteiger partial charge in [-0.1, -0.05) is 12.1 Å². The van der Waals surface area contributed by atoms with Gasteiger partial charge in [0.05, 0.1) is 5.69 Å². The first kappa shape index (κ1) is 13.9. The summed E-state index contributed by atoms with van der Waals surface area (Å²) in [4.78, 5) is 11.4. The minimum absolute atomic E-state index is 0.0245. The maximum atomic E-state index is 11.4. The molecule has 0 spiro atoms. The van der Waals surface area contributed by atoms with Crippen LogP contribution in [-0.2, 0) is 4.79 Å². The van der Waals surface area contributed by atoms with E-state index in [1.54, 1.807) is 12.1 Å². The average Bonchev–Trinajstić information content (AvgIpc) is 2.37. The predicted molar refractivity (Wildman–Crippen MR) is 72.0 cm³/mol. The molecule has 0 fully saturated rings. The fourth-order valence-corrected chi connectivity index (χ4v) is 1.39. The number of anilines is 1. The molecule has 1 amide bonds. The Balaban J connectivity index is 2.18. The molecule has 3 N–H and O–H groups in total. The van der Waals surface area contributed by atoms with E-state index in [-0.39, 0.29) is 12.5 Å². The van der Waals surface area contributed by atoms with Crippen molar-refractivity contribution in [3.8, 4) is 18.1 Å². The second-order valence-corrected chi connectivity index (χ2v) is 3.84. The van der Waals surface area contributed by atoms with E-state index in [0.717, 1.165) is 19.3 Å². The molecule has 0 radical (unpaired) electrons. The molecule has 0 aliphatic heterocycles. The van der Waals surface area contributed by atoms with E-state index in [9.17, 15) is 4.79 Å². The summed E-state index contributed by atoms with van der Waals surface area (Å²) in [6, 6.07) is 7.08. The number of rotatable bonds is 7. The fraction of sp³-hybridized carbons (Fsp3) is 0.357. The summed E-state index contributed by atoms with van der Waals surface area (Å²) in [7, 11) is 0. The van der Waals surface area contributed by atoms with Crippen LogP contribution in [0.5, 0.6) is 5.75 Å². The number of terminal acetylenes is 1. The molecule has 18 heavy (non-hydrogen) atoms. The van der Waals surface area contributed by atoms with Crippen molar-refractivity contribution in [2.45, 2.75) is 19.3 Å². The lowest BCUT2D eigenvalue weighted by Crippen LogP contribution is -2.29. The summed E-state index contributed by atoms with van der Waals surface area (Å²) in [6.45, 7) is 0.595. The molecule has 0 bridgehead atoms. The van der Waals surface area contributed by atoms with Gasteiger partial charge in [-0.3, -0.25) is 4.79 Å².